The molecule has 1 heterocycles. The molecule has 3 nitrogen and oxygen atoms in total. The molecule has 0 fully saturated rings. The van der Waals surface area contributed by atoms with Gasteiger partial charge in [0.25, 0.3) is 0 Å². The molecule has 0 aliphatic carbocycles. The fourth-order valence-corrected chi connectivity index (χ4v) is 3.51. The van der Waals surface area contributed by atoms with E-state index in [9.17, 15) is 8.42 Å². The van der Waals surface area contributed by atoms with Gasteiger partial charge in [0.05, 0.1) is 11.5 Å². The molecule has 0 saturated heterocycles. The van der Waals surface area contributed by atoms with Crippen LogP contribution < -0.4 is 0 Å². The van der Waals surface area contributed by atoms with Gasteiger partial charge in [0.15, 0.2) is 0 Å². The van der Waals surface area contributed by atoms with Crippen molar-refractivity contribution in [3.8, 4) is 0 Å². The summed E-state index contributed by atoms with van der Waals surface area (Å²) in [6, 6.07) is 4.88. The molecular weight excluding hydrogens is 248 g/mol. The Labute approximate surface area is 99.6 Å². The molecule has 16 heavy (non-hydrogen) atoms. The molecule has 0 N–H and O–H groups in total. The quantitative estimate of drug-likeness (QED) is 0.837. The second-order valence-electron chi connectivity index (χ2n) is 3.44. The van der Waals surface area contributed by atoms with Crippen LogP contribution >= 0.6 is 11.6 Å². The number of hydrogen-bond donors (Lipinski definition) is 0. The SMILES string of the molecule is CCOCC1=CS(=O)(=O)c2cccc(Cl)c21. The largest absolute Gasteiger partial charge is 0.377 e. The van der Waals surface area contributed by atoms with Crippen molar-refractivity contribution in [1.82, 2.24) is 0 Å². The zero-order valence-corrected chi connectivity index (χ0v) is 10.3. The maximum atomic E-state index is 11.8. The molecular formula is C11H11ClO3S. The zero-order chi connectivity index (χ0) is 11.8. The summed E-state index contributed by atoms with van der Waals surface area (Å²) < 4.78 is 28.8. The Morgan fingerprint density at radius 1 is 1.38 bits per heavy atom. The summed E-state index contributed by atoms with van der Waals surface area (Å²) in [5, 5.41) is 1.68. The smallest absolute Gasteiger partial charge is 0.200 e. The predicted octanol–water partition coefficient (Wildman–Crippen LogP) is 2.50. The third-order valence-electron chi connectivity index (χ3n) is 2.36. The summed E-state index contributed by atoms with van der Waals surface area (Å²) in [7, 11) is -3.33. The van der Waals surface area contributed by atoms with Crippen molar-refractivity contribution in [2.75, 3.05) is 13.2 Å². The summed E-state index contributed by atoms with van der Waals surface area (Å²) in [5.41, 5.74) is 1.21. The maximum absolute atomic E-state index is 11.8. The van der Waals surface area contributed by atoms with Gasteiger partial charge in [-0.1, -0.05) is 17.7 Å². The van der Waals surface area contributed by atoms with Crippen LogP contribution in [0, 0.1) is 0 Å². The molecule has 86 valence electrons. The standard InChI is InChI=1S/C11H11ClO3S/c1-2-15-6-8-7-16(13,14)10-5-3-4-9(12)11(8)10/h3-5,7H,2,6H2,1H3. The first-order valence-electron chi connectivity index (χ1n) is 4.88. The van der Waals surface area contributed by atoms with E-state index in [0.29, 0.717) is 22.8 Å². The molecule has 0 unspecified atom stereocenters. The van der Waals surface area contributed by atoms with Crippen molar-refractivity contribution in [1.29, 1.82) is 0 Å². The summed E-state index contributed by atoms with van der Waals surface area (Å²) >= 11 is 6.01. The Morgan fingerprint density at radius 2 is 2.12 bits per heavy atom. The summed E-state index contributed by atoms with van der Waals surface area (Å²) in [5.74, 6) is 0. The molecule has 0 atom stereocenters. The first kappa shape index (κ1) is 11.6. The zero-order valence-electron chi connectivity index (χ0n) is 8.73. The van der Waals surface area contributed by atoms with Gasteiger partial charge in [-0.3, -0.25) is 0 Å². The summed E-state index contributed by atoms with van der Waals surface area (Å²) in [4.78, 5) is 0.273. The van der Waals surface area contributed by atoms with E-state index in [1.807, 2.05) is 6.92 Å². The fourth-order valence-electron chi connectivity index (χ4n) is 1.68. The number of ether oxygens (including phenoxy) is 1. The minimum Gasteiger partial charge on any atom is -0.377 e. The van der Waals surface area contributed by atoms with E-state index in [4.69, 9.17) is 16.3 Å². The topological polar surface area (TPSA) is 43.4 Å². The van der Waals surface area contributed by atoms with Crippen LogP contribution in [-0.2, 0) is 14.6 Å². The van der Waals surface area contributed by atoms with Gasteiger partial charge in [0, 0.05) is 22.6 Å². The second kappa shape index (κ2) is 4.20. The molecule has 0 radical (unpaired) electrons. The molecule has 2 rings (SSSR count). The Morgan fingerprint density at radius 3 is 2.81 bits per heavy atom. The van der Waals surface area contributed by atoms with Crippen molar-refractivity contribution in [3.05, 3.63) is 34.2 Å². The summed E-state index contributed by atoms with van der Waals surface area (Å²) in [6.07, 6.45) is 0. The first-order valence-corrected chi connectivity index (χ1v) is 6.81. The molecule has 1 aromatic rings. The highest BCUT2D eigenvalue weighted by Gasteiger charge is 2.28. The second-order valence-corrected chi connectivity index (χ2v) is 5.61. The van der Waals surface area contributed by atoms with Gasteiger partial charge >= 0.3 is 0 Å². The van der Waals surface area contributed by atoms with E-state index in [2.05, 4.69) is 0 Å². The molecule has 0 bridgehead atoms. The van der Waals surface area contributed by atoms with Gasteiger partial charge in [-0.25, -0.2) is 8.42 Å². The number of fused-ring (bicyclic) bond motifs is 1. The van der Waals surface area contributed by atoms with Crippen LogP contribution in [0.3, 0.4) is 0 Å². The van der Waals surface area contributed by atoms with Crippen molar-refractivity contribution in [3.63, 3.8) is 0 Å². The molecule has 0 aromatic heterocycles. The third-order valence-corrected chi connectivity index (χ3v) is 4.23. The van der Waals surface area contributed by atoms with E-state index < -0.39 is 9.84 Å². The highest BCUT2D eigenvalue weighted by molar-refractivity contribution is 7.95. The van der Waals surface area contributed by atoms with Crippen molar-refractivity contribution in [2.24, 2.45) is 0 Å². The van der Waals surface area contributed by atoms with Crippen molar-refractivity contribution < 1.29 is 13.2 Å². The van der Waals surface area contributed by atoms with E-state index in [0.717, 1.165) is 0 Å². The lowest BCUT2D eigenvalue weighted by molar-refractivity contribution is 0.182. The van der Waals surface area contributed by atoms with Gasteiger partial charge in [0.2, 0.25) is 9.84 Å². The first-order chi connectivity index (χ1) is 7.56. The van der Waals surface area contributed by atoms with Gasteiger partial charge in [0.1, 0.15) is 0 Å². The fraction of sp³-hybridized carbons (Fsp3) is 0.273. The van der Waals surface area contributed by atoms with E-state index in [1.165, 1.54) is 5.41 Å². The number of halogens is 1. The molecule has 0 saturated carbocycles. The molecule has 1 aliphatic rings. The van der Waals surface area contributed by atoms with Gasteiger partial charge < -0.3 is 4.74 Å². The van der Waals surface area contributed by atoms with Crippen LogP contribution in [0.4, 0.5) is 0 Å². The Kier molecular flexibility index (Phi) is 3.06. The summed E-state index contributed by atoms with van der Waals surface area (Å²) in [6.45, 7) is 2.67. The number of benzene rings is 1. The van der Waals surface area contributed by atoms with Crippen molar-refractivity contribution in [2.45, 2.75) is 11.8 Å². The van der Waals surface area contributed by atoms with Gasteiger partial charge in [-0.2, -0.15) is 0 Å². The van der Waals surface area contributed by atoms with E-state index >= 15 is 0 Å². The minimum absolute atomic E-state index is 0.270. The van der Waals surface area contributed by atoms with E-state index in [-0.39, 0.29) is 11.5 Å². The molecule has 5 heteroatoms. The average molecular weight is 259 g/mol. The highest BCUT2D eigenvalue weighted by atomic mass is 35.5. The Hall–Kier alpha value is -0.840. The lowest BCUT2D eigenvalue weighted by Gasteiger charge is -2.06. The highest BCUT2D eigenvalue weighted by Crippen LogP contribution is 2.37. The van der Waals surface area contributed by atoms with Gasteiger partial charge in [-0.05, 0) is 24.6 Å². The number of sulfone groups is 1. The lowest BCUT2D eigenvalue weighted by Crippen LogP contribution is -1.96. The molecule has 1 aliphatic heterocycles. The number of hydrogen-bond acceptors (Lipinski definition) is 3. The molecule has 0 amide bonds. The lowest BCUT2D eigenvalue weighted by atomic mass is 10.1. The molecule has 0 spiro atoms. The van der Waals surface area contributed by atoms with Crippen LogP contribution in [0.25, 0.3) is 5.57 Å². The van der Waals surface area contributed by atoms with Crippen LogP contribution in [0.1, 0.15) is 12.5 Å². The minimum atomic E-state index is -3.33. The van der Waals surface area contributed by atoms with Crippen LogP contribution in [0.15, 0.2) is 28.5 Å². The predicted molar refractivity (Wildman–Crippen MR) is 63.1 cm³/mol. The average Bonchev–Trinajstić information content (AvgIpc) is 2.49. The van der Waals surface area contributed by atoms with Crippen LogP contribution in [0.2, 0.25) is 5.02 Å². The monoisotopic (exact) mass is 258 g/mol. The third kappa shape index (κ3) is 1.88. The van der Waals surface area contributed by atoms with Crippen LogP contribution in [0.5, 0.6) is 0 Å². The van der Waals surface area contributed by atoms with Crippen molar-refractivity contribution >= 4 is 27.0 Å². The Bertz CT molecular complexity index is 546. The molecule has 1 aromatic carbocycles. The maximum Gasteiger partial charge on any atom is 0.200 e. The van der Waals surface area contributed by atoms with Crippen LogP contribution in [-0.4, -0.2) is 21.6 Å². The normalized spacial score (nSPS) is 17.0. The Balaban J connectivity index is 2.53. The number of rotatable bonds is 3. The van der Waals surface area contributed by atoms with Gasteiger partial charge in [-0.15, -0.1) is 0 Å². The van der Waals surface area contributed by atoms with E-state index in [1.54, 1.807) is 18.2 Å².